The van der Waals surface area contributed by atoms with Crippen molar-refractivity contribution in [3.05, 3.63) is 112 Å². The zero-order valence-corrected chi connectivity index (χ0v) is 23.4. The number of unbranched alkanes of at least 4 members (excludes halogenated alkanes) is 1. The van der Waals surface area contributed by atoms with E-state index in [9.17, 15) is 4.79 Å². The van der Waals surface area contributed by atoms with Crippen molar-refractivity contribution in [2.45, 2.75) is 46.3 Å². The molecular weight excluding hydrogens is 534 g/mol. The molecule has 6 aromatic rings. The Bertz CT molecular complexity index is 1740. The van der Waals surface area contributed by atoms with Gasteiger partial charge in [-0.3, -0.25) is 4.79 Å². The standard InChI is InChI=1S/C33H31BrN3O/c1-23-19-31-32(20-24(23)2)36(21-33(38)25-13-15-26(34)16-14-25)22-35(31)17-7-8-18-37-29-11-5-3-9-27(29)28-10-4-6-12-30(28)37/h3-6,9-16,19-20,22H,7-8,17-18,21H2,1-2H3/q+1. The predicted octanol–water partition coefficient (Wildman–Crippen LogP) is 7.78. The van der Waals surface area contributed by atoms with Crippen LogP contribution in [0.5, 0.6) is 0 Å². The number of hydrogen-bond donors (Lipinski definition) is 0. The SMILES string of the molecule is Cc1cc2c(cc1C)[n+](CC(=O)c1ccc(Br)cc1)cn2CCCCn1c2ccccc2c2ccccc21. The Morgan fingerprint density at radius 3 is 2.05 bits per heavy atom. The topological polar surface area (TPSA) is 30.8 Å². The molecule has 0 saturated heterocycles. The Morgan fingerprint density at radius 2 is 1.37 bits per heavy atom. The highest BCUT2D eigenvalue weighted by molar-refractivity contribution is 9.10. The van der Waals surface area contributed by atoms with Crippen LogP contribution in [0.1, 0.15) is 34.3 Å². The van der Waals surface area contributed by atoms with Crippen LogP contribution >= 0.6 is 15.9 Å². The molecular formula is C33H31BrN3O+. The molecule has 6 rings (SSSR count). The van der Waals surface area contributed by atoms with Crippen LogP contribution in [0.25, 0.3) is 32.8 Å². The van der Waals surface area contributed by atoms with Crippen LogP contribution in [0.15, 0.2) is 95.7 Å². The Balaban J connectivity index is 1.23. The molecule has 2 aromatic heterocycles. The number of nitrogens with zero attached hydrogens (tertiary/aromatic N) is 3. The first kappa shape index (κ1) is 24.6. The number of carbonyl (C=O) groups excluding carboxylic acids is 1. The van der Waals surface area contributed by atoms with Gasteiger partial charge in [0, 0.05) is 38.4 Å². The van der Waals surface area contributed by atoms with Crippen LogP contribution in [-0.4, -0.2) is 14.9 Å². The fraction of sp³-hybridized carbons (Fsp3) is 0.212. The third kappa shape index (κ3) is 4.56. The Morgan fingerprint density at radius 1 is 0.763 bits per heavy atom. The lowest BCUT2D eigenvalue weighted by atomic mass is 10.1. The van der Waals surface area contributed by atoms with Crippen LogP contribution in [0, 0.1) is 13.8 Å². The number of carbonyl (C=O) groups is 1. The summed E-state index contributed by atoms with van der Waals surface area (Å²) in [4.78, 5) is 13.1. The molecule has 0 atom stereocenters. The van der Waals surface area contributed by atoms with Crippen LogP contribution in [-0.2, 0) is 19.6 Å². The molecule has 2 heterocycles. The number of para-hydroxylation sites is 2. The van der Waals surface area contributed by atoms with Gasteiger partial charge >= 0.3 is 0 Å². The molecule has 0 amide bonds. The summed E-state index contributed by atoms with van der Waals surface area (Å²) in [6.07, 6.45) is 4.25. The molecule has 0 N–H and O–H groups in total. The second kappa shape index (κ2) is 10.2. The minimum atomic E-state index is 0.117. The molecule has 0 saturated carbocycles. The van der Waals surface area contributed by atoms with Gasteiger partial charge in [-0.2, -0.15) is 0 Å². The molecule has 0 aliphatic rings. The first-order valence-corrected chi connectivity index (χ1v) is 14.0. The van der Waals surface area contributed by atoms with Gasteiger partial charge in [-0.15, -0.1) is 0 Å². The monoisotopic (exact) mass is 564 g/mol. The van der Waals surface area contributed by atoms with Crippen molar-refractivity contribution in [3.8, 4) is 0 Å². The molecule has 0 radical (unpaired) electrons. The quantitative estimate of drug-likeness (QED) is 0.105. The number of fused-ring (bicyclic) bond motifs is 4. The number of imidazole rings is 1. The van der Waals surface area contributed by atoms with E-state index in [0.29, 0.717) is 6.54 Å². The fourth-order valence-corrected chi connectivity index (χ4v) is 5.79. The number of hydrogen-bond acceptors (Lipinski definition) is 1. The smallest absolute Gasteiger partial charge is 0.245 e. The maximum atomic E-state index is 13.1. The number of aromatic nitrogens is 3. The van der Waals surface area contributed by atoms with Gasteiger partial charge in [0.25, 0.3) is 0 Å². The Kier molecular flexibility index (Phi) is 6.62. The minimum Gasteiger partial charge on any atom is -0.340 e. The maximum Gasteiger partial charge on any atom is 0.245 e. The van der Waals surface area contributed by atoms with E-state index in [1.54, 1.807) is 0 Å². The average Bonchev–Trinajstić information content (AvgIpc) is 3.42. The predicted molar refractivity (Wildman–Crippen MR) is 159 cm³/mol. The van der Waals surface area contributed by atoms with Crippen molar-refractivity contribution in [3.63, 3.8) is 0 Å². The number of aryl methyl sites for hydroxylation is 4. The number of benzene rings is 4. The van der Waals surface area contributed by atoms with Gasteiger partial charge in [-0.25, -0.2) is 9.13 Å². The van der Waals surface area contributed by atoms with Crippen LogP contribution in [0.4, 0.5) is 0 Å². The second-order valence-electron chi connectivity index (χ2n) is 10.2. The van der Waals surface area contributed by atoms with Gasteiger partial charge in [0.2, 0.25) is 12.1 Å². The molecule has 0 unspecified atom stereocenters. The first-order chi connectivity index (χ1) is 18.5. The van der Waals surface area contributed by atoms with Crippen molar-refractivity contribution in [2.24, 2.45) is 0 Å². The van der Waals surface area contributed by atoms with E-state index in [2.05, 4.69) is 110 Å². The minimum absolute atomic E-state index is 0.117. The van der Waals surface area contributed by atoms with Gasteiger partial charge in [0.1, 0.15) is 0 Å². The molecule has 38 heavy (non-hydrogen) atoms. The largest absolute Gasteiger partial charge is 0.340 e. The van der Waals surface area contributed by atoms with Crippen molar-refractivity contribution in [1.82, 2.24) is 9.13 Å². The van der Waals surface area contributed by atoms with Gasteiger partial charge in [-0.05, 0) is 74.2 Å². The third-order valence-corrected chi connectivity index (χ3v) is 8.21. The highest BCUT2D eigenvalue weighted by Crippen LogP contribution is 2.29. The average molecular weight is 566 g/mol. The fourth-order valence-electron chi connectivity index (χ4n) is 5.52. The molecule has 4 nitrogen and oxygen atoms in total. The highest BCUT2D eigenvalue weighted by Gasteiger charge is 2.20. The number of Topliss-reactive ketones (excluding diaryl/α,β-unsaturated/α-hetero) is 1. The summed E-state index contributed by atoms with van der Waals surface area (Å²) in [5, 5.41) is 2.64. The molecule has 0 spiro atoms. The molecule has 0 aliphatic heterocycles. The van der Waals surface area contributed by atoms with E-state index in [4.69, 9.17) is 0 Å². The molecule has 0 fully saturated rings. The van der Waals surface area contributed by atoms with Gasteiger partial charge in [0.15, 0.2) is 17.6 Å². The first-order valence-electron chi connectivity index (χ1n) is 13.2. The second-order valence-corrected chi connectivity index (χ2v) is 11.1. The summed E-state index contributed by atoms with van der Waals surface area (Å²) in [5.74, 6) is 0.117. The van der Waals surface area contributed by atoms with E-state index >= 15 is 0 Å². The van der Waals surface area contributed by atoms with Gasteiger partial charge < -0.3 is 4.57 Å². The van der Waals surface area contributed by atoms with Crippen molar-refractivity contribution >= 4 is 54.6 Å². The van der Waals surface area contributed by atoms with Crippen LogP contribution in [0.2, 0.25) is 0 Å². The zero-order chi connectivity index (χ0) is 26.2. The lowest BCUT2D eigenvalue weighted by Crippen LogP contribution is -2.37. The van der Waals surface area contributed by atoms with E-state index in [1.807, 2.05) is 24.3 Å². The van der Waals surface area contributed by atoms with Crippen LogP contribution < -0.4 is 4.57 Å². The summed E-state index contributed by atoms with van der Waals surface area (Å²) in [6, 6.07) is 29.5. The normalized spacial score (nSPS) is 11.7. The zero-order valence-electron chi connectivity index (χ0n) is 21.8. The molecule has 0 aliphatic carbocycles. The van der Waals surface area contributed by atoms with E-state index in [0.717, 1.165) is 41.5 Å². The van der Waals surface area contributed by atoms with Crippen molar-refractivity contribution < 1.29 is 9.36 Å². The van der Waals surface area contributed by atoms with Gasteiger partial charge in [0.05, 0.1) is 6.54 Å². The summed E-state index contributed by atoms with van der Waals surface area (Å²) in [7, 11) is 0. The molecule has 0 bridgehead atoms. The van der Waals surface area contributed by atoms with Gasteiger partial charge in [-0.1, -0.05) is 64.5 Å². The third-order valence-electron chi connectivity index (χ3n) is 7.68. The number of ketones is 1. The maximum absolute atomic E-state index is 13.1. The number of halogens is 1. The Labute approximate surface area is 231 Å². The van der Waals surface area contributed by atoms with E-state index in [-0.39, 0.29) is 5.78 Å². The highest BCUT2D eigenvalue weighted by atomic mass is 79.9. The molecule has 4 aromatic carbocycles. The summed E-state index contributed by atoms with van der Waals surface area (Å²) >= 11 is 3.46. The molecule has 190 valence electrons. The lowest BCUT2D eigenvalue weighted by Gasteiger charge is -2.07. The van der Waals surface area contributed by atoms with E-state index < -0.39 is 0 Å². The van der Waals surface area contributed by atoms with Crippen LogP contribution in [0.3, 0.4) is 0 Å². The Hall–Kier alpha value is -3.70. The van der Waals surface area contributed by atoms with E-state index in [1.165, 1.54) is 38.4 Å². The number of rotatable bonds is 8. The van der Waals surface area contributed by atoms with Crippen molar-refractivity contribution in [2.75, 3.05) is 0 Å². The summed E-state index contributed by atoms with van der Waals surface area (Å²) in [6.45, 7) is 6.52. The lowest BCUT2D eigenvalue weighted by molar-refractivity contribution is -0.658. The van der Waals surface area contributed by atoms with Crippen molar-refractivity contribution in [1.29, 1.82) is 0 Å². The summed E-state index contributed by atoms with van der Waals surface area (Å²) < 4.78 is 7.87. The molecule has 5 heteroatoms. The summed E-state index contributed by atoms with van der Waals surface area (Å²) in [5.41, 5.74) is 8.15.